The van der Waals surface area contributed by atoms with Gasteiger partial charge in [-0.2, -0.15) is 5.10 Å². The van der Waals surface area contributed by atoms with Gasteiger partial charge in [-0.3, -0.25) is 44.2 Å². The van der Waals surface area contributed by atoms with E-state index in [4.69, 9.17) is 4.74 Å². The van der Waals surface area contributed by atoms with E-state index in [2.05, 4.69) is 46.9 Å². The molecule has 1 atom stereocenters. The molecule has 0 aliphatic carbocycles. The van der Waals surface area contributed by atoms with E-state index in [1.165, 1.54) is 12.1 Å². The number of hydrogen-bond acceptors (Lipinski definition) is 11. The summed E-state index contributed by atoms with van der Waals surface area (Å²) in [7, 11) is 0. The molecular weight excluding hydrogens is 849 g/mol. The van der Waals surface area contributed by atoms with Crippen LogP contribution in [0.2, 0.25) is 0 Å². The Morgan fingerprint density at radius 3 is 2.21 bits per heavy atom. The summed E-state index contributed by atoms with van der Waals surface area (Å²) in [5.41, 5.74) is 5.76. The Hall–Kier alpha value is -6.72. The fraction of sp³-hybridized carbons (Fsp3) is 0.388. The largest absolute Gasteiger partial charge is 0.381 e. The van der Waals surface area contributed by atoms with Crippen LogP contribution in [0.5, 0.6) is 0 Å². The summed E-state index contributed by atoms with van der Waals surface area (Å²) in [4.78, 5) is 73.0. The molecule has 4 saturated heterocycles. The minimum atomic E-state index is -0.989. The van der Waals surface area contributed by atoms with Gasteiger partial charge in [-0.1, -0.05) is 6.07 Å². The lowest BCUT2D eigenvalue weighted by atomic mass is 9.95. The van der Waals surface area contributed by atoms with Gasteiger partial charge >= 0.3 is 0 Å². The lowest BCUT2D eigenvalue weighted by molar-refractivity contribution is -0.136. The number of aromatic amines is 1. The van der Waals surface area contributed by atoms with Gasteiger partial charge < -0.3 is 25.2 Å². The van der Waals surface area contributed by atoms with E-state index in [0.717, 1.165) is 111 Å². The van der Waals surface area contributed by atoms with E-state index in [1.54, 1.807) is 12.1 Å². The average Bonchev–Trinajstić information content (AvgIpc) is 3.82. The monoisotopic (exact) mass is 899 g/mol. The summed E-state index contributed by atoms with van der Waals surface area (Å²) < 4.78 is 33.4. The van der Waals surface area contributed by atoms with E-state index < -0.39 is 41.3 Å². The molecule has 66 heavy (non-hydrogen) atoms. The summed E-state index contributed by atoms with van der Waals surface area (Å²) in [5, 5.41) is 17.0. The lowest BCUT2D eigenvalue weighted by Crippen LogP contribution is -2.54. The van der Waals surface area contributed by atoms with Crippen LogP contribution < -0.4 is 25.8 Å². The first-order valence-corrected chi connectivity index (χ1v) is 22.8. The van der Waals surface area contributed by atoms with Crippen molar-refractivity contribution in [1.29, 1.82) is 0 Å². The van der Waals surface area contributed by atoms with Gasteiger partial charge in [0.15, 0.2) is 5.82 Å². The molecular formula is C49H51F2N9O6. The number of halogens is 2. The van der Waals surface area contributed by atoms with Crippen molar-refractivity contribution in [1.82, 2.24) is 25.3 Å². The zero-order valence-corrected chi connectivity index (χ0v) is 36.4. The number of piperidine rings is 2. The number of nitrogens with zero attached hydrogens (tertiary/aromatic N) is 5. The van der Waals surface area contributed by atoms with Crippen molar-refractivity contribution < 1.29 is 37.5 Å². The van der Waals surface area contributed by atoms with Crippen molar-refractivity contribution in [3.8, 4) is 0 Å². The van der Waals surface area contributed by atoms with E-state index in [0.29, 0.717) is 53.4 Å². The summed E-state index contributed by atoms with van der Waals surface area (Å²) in [6.07, 6.45) is 4.14. The summed E-state index contributed by atoms with van der Waals surface area (Å²) >= 11 is 0. The number of H-pyrrole nitrogens is 1. The van der Waals surface area contributed by atoms with Gasteiger partial charge in [0.2, 0.25) is 11.8 Å². The minimum Gasteiger partial charge on any atom is -0.381 e. The number of benzene rings is 4. The number of rotatable bonds is 11. The van der Waals surface area contributed by atoms with Crippen molar-refractivity contribution >= 4 is 63.3 Å². The van der Waals surface area contributed by atoms with E-state index in [9.17, 15) is 32.8 Å². The van der Waals surface area contributed by atoms with Gasteiger partial charge in [0.25, 0.3) is 17.7 Å². The first-order valence-electron chi connectivity index (χ1n) is 22.8. The second-order valence-corrected chi connectivity index (χ2v) is 18.0. The molecule has 0 bridgehead atoms. The molecule has 1 aromatic heterocycles. The summed E-state index contributed by atoms with van der Waals surface area (Å²) in [5.74, 6) is -2.72. The Balaban J connectivity index is 0.756. The van der Waals surface area contributed by atoms with Gasteiger partial charge in [-0.15, -0.1) is 0 Å². The van der Waals surface area contributed by atoms with Crippen LogP contribution in [0.4, 0.5) is 31.7 Å². The predicted molar refractivity (Wildman–Crippen MR) is 244 cm³/mol. The maximum Gasteiger partial charge on any atom is 0.262 e. The zero-order valence-electron chi connectivity index (χ0n) is 36.4. The lowest BCUT2D eigenvalue weighted by Gasteiger charge is -2.40. The molecule has 5 aliphatic rings. The number of ether oxygens (including phenoxy) is 1. The van der Waals surface area contributed by atoms with Crippen LogP contribution in [0, 0.1) is 17.6 Å². The molecule has 15 nitrogen and oxygen atoms in total. The molecule has 10 rings (SSSR count). The number of aromatic nitrogens is 2. The molecule has 5 amide bonds. The van der Waals surface area contributed by atoms with E-state index in [-0.39, 0.29) is 30.4 Å². The molecule has 5 aliphatic heterocycles. The number of nitrogens with one attached hydrogen (secondary N) is 4. The van der Waals surface area contributed by atoms with Gasteiger partial charge in [-0.25, -0.2) is 8.78 Å². The molecule has 5 aromatic rings. The highest BCUT2D eigenvalue weighted by atomic mass is 19.1. The second-order valence-electron chi connectivity index (χ2n) is 18.0. The van der Waals surface area contributed by atoms with Crippen molar-refractivity contribution in [2.75, 3.05) is 79.5 Å². The van der Waals surface area contributed by atoms with Crippen LogP contribution in [0.15, 0.2) is 72.8 Å². The zero-order chi connectivity index (χ0) is 45.5. The number of imide groups is 2. The maximum absolute atomic E-state index is 14.1. The third kappa shape index (κ3) is 8.96. The summed E-state index contributed by atoms with van der Waals surface area (Å²) in [6, 6.07) is 19.5. The average molecular weight is 900 g/mol. The van der Waals surface area contributed by atoms with Crippen LogP contribution in [0.25, 0.3) is 10.9 Å². The molecule has 0 radical (unpaired) electrons. The third-order valence-corrected chi connectivity index (χ3v) is 13.7. The molecule has 4 aromatic carbocycles. The van der Waals surface area contributed by atoms with Crippen molar-refractivity contribution in [3.05, 3.63) is 112 Å². The quantitative estimate of drug-likeness (QED) is 0.120. The first-order chi connectivity index (χ1) is 32.0. The van der Waals surface area contributed by atoms with Crippen molar-refractivity contribution in [3.63, 3.8) is 0 Å². The Labute approximate surface area is 379 Å². The number of hydrogen-bond donors (Lipinski definition) is 4. The Morgan fingerprint density at radius 1 is 0.742 bits per heavy atom. The third-order valence-electron chi connectivity index (χ3n) is 13.7. The number of anilines is 4. The Morgan fingerprint density at radius 2 is 1.45 bits per heavy atom. The van der Waals surface area contributed by atoms with Crippen LogP contribution >= 0.6 is 0 Å². The molecule has 4 N–H and O–H groups in total. The molecule has 17 heteroatoms. The molecule has 0 saturated carbocycles. The molecule has 0 spiro atoms. The SMILES string of the molecule is O=C1CCC(N2C(=O)c3ccc(N4CCC(CN5CCN(c6ccc(C(=O)Nc7n[nH]c8ccc(Cc9cc(F)cc(F)c9)cc78)c(NC7CCOCC7)c6)CC5)CC4)cc3C2=O)C(=O)N1. The number of amides is 5. The normalized spacial score (nSPS) is 20.0. The van der Waals surface area contributed by atoms with Crippen molar-refractivity contribution in [2.24, 2.45) is 5.92 Å². The van der Waals surface area contributed by atoms with E-state index >= 15 is 0 Å². The fourth-order valence-electron chi connectivity index (χ4n) is 10.1. The highest BCUT2D eigenvalue weighted by molar-refractivity contribution is 6.23. The second kappa shape index (κ2) is 18.3. The first kappa shape index (κ1) is 43.2. The molecule has 342 valence electrons. The highest BCUT2D eigenvalue weighted by Gasteiger charge is 2.45. The van der Waals surface area contributed by atoms with Gasteiger partial charge in [0, 0.05) is 100 Å². The standard InChI is InChI=1S/C49H51F2N9O6/c50-32-22-31(23-33(51)25-32)21-30-1-6-41-40(24-30)45(56-55-41)54-46(62)38-5-3-36(27-42(38)52-34-11-19-66-20-12-34)59-17-15-57(16-18-59)28-29-9-13-58(14-10-29)35-2-4-37-39(26-35)49(65)60(48(37)64)43-7-8-44(61)53-47(43)63/h1-6,22-27,29,34,43,52H,7-21,28H2,(H,53,61,63)(H2,54,55,56,62). The topological polar surface area (TPSA) is 172 Å². The highest BCUT2D eigenvalue weighted by Crippen LogP contribution is 2.34. The van der Waals surface area contributed by atoms with Crippen LogP contribution in [-0.4, -0.2) is 121 Å². The van der Waals surface area contributed by atoms with Gasteiger partial charge in [-0.05, 0) is 116 Å². The maximum atomic E-state index is 14.1. The van der Waals surface area contributed by atoms with Crippen molar-refractivity contribution in [2.45, 2.75) is 57.0 Å². The molecule has 1 unspecified atom stereocenters. The molecule has 4 fully saturated rings. The Kier molecular flexibility index (Phi) is 12.0. The Bertz CT molecular complexity index is 2700. The van der Waals surface area contributed by atoms with Gasteiger partial charge in [0.1, 0.15) is 17.7 Å². The predicted octanol–water partition coefficient (Wildman–Crippen LogP) is 5.71. The smallest absolute Gasteiger partial charge is 0.262 e. The number of carbonyl (C=O) groups is 5. The number of carbonyl (C=O) groups excluding carboxylic acids is 5. The number of fused-ring (bicyclic) bond motifs is 2. The number of piperazine rings is 1. The fourth-order valence-corrected chi connectivity index (χ4v) is 10.1. The van der Waals surface area contributed by atoms with E-state index in [1.807, 2.05) is 36.4 Å². The summed E-state index contributed by atoms with van der Waals surface area (Å²) in [6.45, 7) is 7.40. The van der Waals surface area contributed by atoms with Crippen LogP contribution in [-0.2, 0) is 20.7 Å². The molecule has 6 heterocycles. The van der Waals surface area contributed by atoms with Gasteiger partial charge in [0.05, 0.1) is 22.2 Å². The van der Waals surface area contributed by atoms with Crippen LogP contribution in [0.3, 0.4) is 0 Å². The minimum absolute atomic E-state index is 0.0798. The van der Waals surface area contributed by atoms with Crippen LogP contribution in [0.1, 0.15) is 80.7 Å².